The molecule has 2 aliphatic heterocycles. The van der Waals surface area contributed by atoms with E-state index in [4.69, 9.17) is 14.2 Å². The SMILES string of the molecule is CCOc1cc2c(cc1O)CCN1C=c3c(OCC)c(OCC)ccc3=CC21. The van der Waals surface area contributed by atoms with E-state index in [0.29, 0.717) is 25.6 Å². The van der Waals surface area contributed by atoms with Crippen molar-refractivity contribution in [2.75, 3.05) is 26.4 Å². The Morgan fingerprint density at radius 2 is 1.75 bits per heavy atom. The summed E-state index contributed by atoms with van der Waals surface area (Å²) in [5, 5.41) is 12.4. The molecule has 0 spiro atoms. The topological polar surface area (TPSA) is 51.2 Å². The smallest absolute Gasteiger partial charge is 0.170 e. The van der Waals surface area contributed by atoms with Gasteiger partial charge in [0.05, 0.1) is 25.9 Å². The van der Waals surface area contributed by atoms with Crippen LogP contribution < -0.4 is 24.6 Å². The lowest BCUT2D eigenvalue weighted by Crippen LogP contribution is -2.41. The van der Waals surface area contributed by atoms with Gasteiger partial charge in [0.25, 0.3) is 0 Å². The molecule has 0 radical (unpaired) electrons. The van der Waals surface area contributed by atoms with Crippen molar-refractivity contribution in [1.29, 1.82) is 0 Å². The quantitative estimate of drug-likeness (QED) is 0.834. The predicted octanol–water partition coefficient (Wildman–Crippen LogP) is 2.72. The molecule has 2 aliphatic rings. The molecular weight excluding hydrogens is 354 g/mol. The number of ether oxygens (including phenoxy) is 3. The molecule has 0 bridgehead atoms. The summed E-state index contributed by atoms with van der Waals surface area (Å²) in [7, 11) is 0. The first-order valence-corrected chi connectivity index (χ1v) is 10.0. The van der Waals surface area contributed by atoms with Gasteiger partial charge in [0.1, 0.15) is 0 Å². The Kier molecular flexibility index (Phi) is 5.07. The molecule has 0 aromatic heterocycles. The third-order valence-corrected chi connectivity index (χ3v) is 5.25. The van der Waals surface area contributed by atoms with Crippen LogP contribution >= 0.6 is 0 Å². The molecule has 0 amide bonds. The van der Waals surface area contributed by atoms with Gasteiger partial charge in [-0.15, -0.1) is 0 Å². The average molecular weight is 381 g/mol. The minimum absolute atomic E-state index is 0.114. The highest BCUT2D eigenvalue weighted by molar-refractivity contribution is 5.58. The van der Waals surface area contributed by atoms with Crippen LogP contribution in [0.2, 0.25) is 0 Å². The summed E-state index contributed by atoms with van der Waals surface area (Å²) < 4.78 is 17.3. The van der Waals surface area contributed by atoms with Crippen molar-refractivity contribution in [3.8, 4) is 23.0 Å². The first kappa shape index (κ1) is 18.5. The molecule has 2 aromatic rings. The summed E-state index contributed by atoms with van der Waals surface area (Å²) in [6.07, 6.45) is 5.32. The molecular formula is C23H27NO4. The van der Waals surface area contributed by atoms with Gasteiger partial charge in [-0.2, -0.15) is 0 Å². The lowest BCUT2D eigenvalue weighted by atomic mass is 9.90. The Labute approximate surface area is 165 Å². The van der Waals surface area contributed by atoms with Crippen molar-refractivity contribution in [2.24, 2.45) is 0 Å². The van der Waals surface area contributed by atoms with Gasteiger partial charge in [-0.05, 0) is 67.8 Å². The third-order valence-electron chi connectivity index (χ3n) is 5.25. The van der Waals surface area contributed by atoms with Gasteiger partial charge in [0.2, 0.25) is 0 Å². The molecule has 2 heterocycles. The minimum atomic E-state index is 0.114. The van der Waals surface area contributed by atoms with E-state index in [-0.39, 0.29) is 11.8 Å². The van der Waals surface area contributed by atoms with E-state index in [0.717, 1.165) is 34.9 Å². The number of phenolic OH excluding ortho intramolecular Hbond substituents is 1. The molecule has 4 rings (SSSR count). The van der Waals surface area contributed by atoms with Crippen LogP contribution in [0.15, 0.2) is 24.3 Å². The minimum Gasteiger partial charge on any atom is -0.504 e. The molecule has 148 valence electrons. The Bertz CT molecular complexity index is 999. The van der Waals surface area contributed by atoms with Gasteiger partial charge in [-0.3, -0.25) is 0 Å². The summed E-state index contributed by atoms with van der Waals surface area (Å²) in [5.74, 6) is 2.36. The number of hydrogen-bond acceptors (Lipinski definition) is 5. The Morgan fingerprint density at radius 3 is 2.50 bits per heavy atom. The number of phenols is 1. The van der Waals surface area contributed by atoms with Crippen LogP contribution in [-0.2, 0) is 6.42 Å². The first-order chi connectivity index (χ1) is 13.7. The first-order valence-electron chi connectivity index (χ1n) is 10.0. The number of hydrogen-bond donors (Lipinski definition) is 1. The van der Waals surface area contributed by atoms with Crippen molar-refractivity contribution in [1.82, 2.24) is 4.90 Å². The van der Waals surface area contributed by atoms with Crippen LogP contribution in [0.3, 0.4) is 0 Å². The molecule has 5 nitrogen and oxygen atoms in total. The predicted molar refractivity (Wildman–Crippen MR) is 109 cm³/mol. The lowest BCUT2D eigenvalue weighted by molar-refractivity contribution is 0.283. The number of fused-ring (bicyclic) bond motifs is 4. The molecule has 1 unspecified atom stereocenters. The van der Waals surface area contributed by atoms with Crippen LogP contribution in [0.25, 0.3) is 12.3 Å². The summed E-state index contributed by atoms with van der Waals surface area (Å²) in [6, 6.07) is 8.03. The van der Waals surface area contributed by atoms with E-state index >= 15 is 0 Å². The van der Waals surface area contributed by atoms with Crippen molar-refractivity contribution in [3.63, 3.8) is 0 Å². The molecule has 0 fully saturated rings. The second-order valence-electron chi connectivity index (χ2n) is 6.94. The number of nitrogens with zero attached hydrogens (tertiary/aromatic N) is 1. The molecule has 2 aromatic carbocycles. The molecule has 1 N–H and O–H groups in total. The second kappa shape index (κ2) is 7.66. The lowest BCUT2D eigenvalue weighted by Gasteiger charge is -2.37. The van der Waals surface area contributed by atoms with Crippen LogP contribution in [0.4, 0.5) is 0 Å². The molecule has 28 heavy (non-hydrogen) atoms. The summed E-state index contributed by atoms with van der Waals surface area (Å²) in [6.45, 7) is 8.49. The maximum Gasteiger partial charge on any atom is 0.170 e. The highest BCUT2D eigenvalue weighted by Crippen LogP contribution is 2.39. The highest BCUT2D eigenvalue weighted by Gasteiger charge is 2.28. The van der Waals surface area contributed by atoms with E-state index in [1.54, 1.807) is 0 Å². The van der Waals surface area contributed by atoms with Crippen molar-refractivity contribution < 1.29 is 19.3 Å². The fourth-order valence-electron chi connectivity index (χ4n) is 4.06. The van der Waals surface area contributed by atoms with Crippen LogP contribution in [0.1, 0.15) is 37.9 Å². The zero-order valence-electron chi connectivity index (χ0n) is 16.7. The van der Waals surface area contributed by atoms with E-state index in [1.165, 1.54) is 11.1 Å². The zero-order chi connectivity index (χ0) is 19.7. The maximum atomic E-state index is 10.2. The van der Waals surface area contributed by atoms with Gasteiger partial charge < -0.3 is 24.2 Å². The number of benzene rings is 2. The van der Waals surface area contributed by atoms with Crippen LogP contribution in [-0.4, -0.2) is 36.4 Å². The second-order valence-corrected chi connectivity index (χ2v) is 6.94. The van der Waals surface area contributed by atoms with Crippen molar-refractivity contribution in [3.05, 3.63) is 45.8 Å². The van der Waals surface area contributed by atoms with E-state index in [9.17, 15) is 5.11 Å². The van der Waals surface area contributed by atoms with Gasteiger partial charge in [-0.25, -0.2) is 0 Å². The Balaban J connectivity index is 1.84. The molecule has 0 saturated carbocycles. The Morgan fingerprint density at radius 1 is 1.00 bits per heavy atom. The van der Waals surface area contributed by atoms with E-state index in [2.05, 4.69) is 23.2 Å². The monoisotopic (exact) mass is 381 g/mol. The van der Waals surface area contributed by atoms with Gasteiger partial charge in [0.15, 0.2) is 23.0 Å². The number of rotatable bonds is 6. The fourth-order valence-corrected chi connectivity index (χ4v) is 4.06. The molecule has 1 atom stereocenters. The summed E-state index contributed by atoms with van der Waals surface area (Å²) in [5.41, 5.74) is 2.35. The zero-order valence-corrected chi connectivity index (χ0v) is 16.7. The van der Waals surface area contributed by atoms with Crippen molar-refractivity contribution >= 4 is 12.3 Å². The van der Waals surface area contributed by atoms with Crippen LogP contribution in [0, 0.1) is 0 Å². The Hall–Kier alpha value is -2.82. The fraction of sp³-hybridized carbons (Fsp3) is 0.391. The van der Waals surface area contributed by atoms with E-state index < -0.39 is 0 Å². The molecule has 5 heteroatoms. The van der Waals surface area contributed by atoms with Gasteiger partial charge >= 0.3 is 0 Å². The van der Waals surface area contributed by atoms with Gasteiger partial charge in [-0.1, -0.05) is 6.07 Å². The average Bonchev–Trinajstić information content (AvgIpc) is 2.69. The van der Waals surface area contributed by atoms with Crippen LogP contribution in [0.5, 0.6) is 23.0 Å². The maximum absolute atomic E-state index is 10.2. The summed E-state index contributed by atoms with van der Waals surface area (Å²) >= 11 is 0. The normalized spacial score (nSPS) is 16.8. The van der Waals surface area contributed by atoms with Gasteiger partial charge in [0, 0.05) is 18.0 Å². The van der Waals surface area contributed by atoms with Crippen molar-refractivity contribution in [2.45, 2.75) is 33.2 Å². The standard InChI is InChI=1S/C23H27NO4/c1-4-26-21-8-7-15-11-19-17-13-22(27-5-2)20(25)12-16(17)9-10-24(19)14-18(15)23(21)28-6-3/h7-8,11-14,19,25H,4-6,9-10H2,1-3H3. The summed E-state index contributed by atoms with van der Waals surface area (Å²) in [4.78, 5) is 2.33. The molecule has 0 saturated heterocycles. The largest absolute Gasteiger partial charge is 0.504 e. The van der Waals surface area contributed by atoms with E-state index in [1.807, 2.05) is 39.0 Å². The highest BCUT2D eigenvalue weighted by atomic mass is 16.5. The molecule has 0 aliphatic carbocycles. The third kappa shape index (κ3) is 3.15. The number of aromatic hydroxyl groups is 1.